The minimum Gasteiger partial charge on any atom is -0.497 e. The molecule has 190 valence electrons. The summed E-state index contributed by atoms with van der Waals surface area (Å²) in [5.41, 5.74) is 0.140. The molecule has 1 saturated heterocycles. The van der Waals surface area contributed by atoms with Crippen LogP contribution in [0.25, 0.3) is 0 Å². The van der Waals surface area contributed by atoms with Crippen molar-refractivity contribution in [2.24, 2.45) is 0 Å². The molecule has 1 fully saturated rings. The van der Waals surface area contributed by atoms with Gasteiger partial charge in [0, 0.05) is 38.3 Å². The number of ether oxygens (including phenoxy) is 4. The van der Waals surface area contributed by atoms with Crippen molar-refractivity contribution in [3.8, 4) is 23.0 Å². The van der Waals surface area contributed by atoms with E-state index in [0.29, 0.717) is 37.7 Å². The lowest BCUT2D eigenvalue weighted by molar-refractivity contribution is -0.133. The fourth-order valence-corrected chi connectivity index (χ4v) is 5.13. The van der Waals surface area contributed by atoms with Gasteiger partial charge in [-0.15, -0.1) is 0 Å². The van der Waals surface area contributed by atoms with Crippen molar-refractivity contribution in [1.82, 2.24) is 9.80 Å². The van der Waals surface area contributed by atoms with E-state index in [2.05, 4.69) is 0 Å². The van der Waals surface area contributed by atoms with Crippen molar-refractivity contribution >= 4 is 28.0 Å². The average Bonchev–Trinajstić information content (AvgIpc) is 2.90. The Morgan fingerprint density at radius 3 is 2.09 bits per heavy atom. The molecular weight excluding hydrogens is 478 g/mol. The van der Waals surface area contributed by atoms with Crippen LogP contribution in [0.4, 0.5) is 5.69 Å². The van der Waals surface area contributed by atoms with Crippen molar-refractivity contribution in [3.63, 3.8) is 0 Å². The van der Waals surface area contributed by atoms with Crippen LogP contribution < -0.4 is 23.3 Å². The molecule has 0 bridgehead atoms. The summed E-state index contributed by atoms with van der Waals surface area (Å²) in [7, 11) is 1.44. The van der Waals surface area contributed by atoms with Crippen LogP contribution in [-0.2, 0) is 19.6 Å². The van der Waals surface area contributed by atoms with E-state index in [1.807, 2.05) is 0 Å². The van der Waals surface area contributed by atoms with Crippen LogP contribution >= 0.6 is 0 Å². The molecule has 2 amide bonds. The van der Waals surface area contributed by atoms with Crippen LogP contribution in [0.5, 0.6) is 23.0 Å². The quantitative estimate of drug-likeness (QED) is 0.441. The number of methoxy groups -OCH3 is 4. The van der Waals surface area contributed by atoms with Crippen LogP contribution in [0, 0.1) is 0 Å². The molecule has 0 N–H and O–H groups in total. The second kappa shape index (κ2) is 11.2. The Kier molecular flexibility index (Phi) is 8.28. The molecule has 0 aromatic heterocycles. The fraction of sp³-hybridized carbons (Fsp3) is 0.391. The molecule has 3 rings (SSSR count). The van der Waals surface area contributed by atoms with Crippen molar-refractivity contribution in [2.75, 3.05) is 65.5 Å². The molecule has 0 aliphatic carbocycles. The summed E-state index contributed by atoms with van der Waals surface area (Å²) in [5.74, 6) is 0.807. The number of amides is 2. The number of sulfonamides is 1. The van der Waals surface area contributed by atoms with Gasteiger partial charge in [-0.05, 0) is 24.3 Å². The molecule has 0 spiro atoms. The third-order valence-electron chi connectivity index (χ3n) is 5.69. The van der Waals surface area contributed by atoms with Crippen LogP contribution in [0.2, 0.25) is 0 Å². The minimum atomic E-state index is -4.27. The summed E-state index contributed by atoms with van der Waals surface area (Å²) in [6, 6.07) is 8.88. The van der Waals surface area contributed by atoms with Gasteiger partial charge in [0.2, 0.25) is 12.3 Å². The van der Waals surface area contributed by atoms with Crippen molar-refractivity contribution < 1.29 is 37.0 Å². The molecule has 0 unspecified atom stereocenters. The lowest BCUT2D eigenvalue weighted by Crippen LogP contribution is -2.51. The number of rotatable bonds is 10. The normalized spacial score (nSPS) is 13.7. The highest BCUT2D eigenvalue weighted by atomic mass is 32.2. The highest BCUT2D eigenvalue weighted by Gasteiger charge is 2.33. The summed E-state index contributed by atoms with van der Waals surface area (Å²) in [6.07, 6.45) is 0.733. The molecule has 35 heavy (non-hydrogen) atoms. The molecule has 11 nitrogen and oxygen atoms in total. The SMILES string of the molecule is COc1ccc(OC)c(N(CC(=O)N2CCN(C=O)CC2)S(=O)(=O)c2ccc(OC)c(OC)c2)c1. The average molecular weight is 508 g/mol. The standard InChI is InChI=1S/C23H29N3O8S/c1-31-17-5-7-20(32-2)19(13-17)26(15-23(28)25-11-9-24(16-27)10-12-25)35(29,30)18-6-8-21(33-3)22(14-18)34-4/h5-8,13-14,16H,9-12,15H2,1-4H3. The highest BCUT2D eigenvalue weighted by molar-refractivity contribution is 7.92. The molecule has 1 aliphatic heterocycles. The molecule has 0 radical (unpaired) electrons. The predicted octanol–water partition coefficient (Wildman–Crippen LogP) is 1.22. The number of piperazine rings is 1. The first kappa shape index (κ1) is 25.9. The van der Waals surface area contributed by atoms with Gasteiger partial charge < -0.3 is 28.7 Å². The summed E-state index contributed by atoms with van der Waals surface area (Å²) in [5, 5.41) is 0. The lowest BCUT2D eigenvalue weighted by Gasteiger charge is -2.34. The van der Waals surface area contributed by atoms with E-state index >= 15 is 0 Å². The van der Waals surface area contributed by atoms with Gasteiger partial charge in [-0.2, -0.15) is 0 Å². The smallest absolute Gasteiger partial charge is 0.265 e. The number of carbonyl (C=O) groups is 2. The number of anilines is 1. The zero-order chi connectivity index (χ0) is 25.6. The number of carbonyl (C=O) groups excluding carboxylic acids is 2. The van der Waals surface area contributed by atoms with Gasteiger partial charge in [0.1, 0.15) is 18.0 Å². The Morgan fingerprint density at radius 2 is 1.51 bits per heavy atom. The van der Waals surface area contributed by atoms with Gasteiger partial charge in [0.05, 0.1) is 39.0 Å². The van der Waals surface area contributed by atoms with Gasteiger partial charge in [-0.3, -0.25) is 13.9 Å². The van der Waals surface area contributed by atoms with Gasteiger partial charge in [-0.25, -0.2) is 8.42 Å². The van der Waals surface area contributed by atoms with E-state index in [0.717, 1.165) is 10.7 Å². The Bertz CT molecular complexity index is 1160. The van der Waals surface area contributed by atoms with E-state index in [1.54, 1.807) is 17.0 Å². The second-order valence-corrected chi connectivity index (χ2v) is 9.45. The summed E-state index contributed by atoms with van der Waals surface area (Å²) in [4.78, 5) is 27.2. The first-order valence-corrected chi connectivity index (χ1v) is 12.2. The van der Waals surface area contributed by atoms with Crippen LogP contribution in [0.15, 0.2) is 41.3 Å². The molecule has 0 saturated carbocycles. The Hall–Kier alpha value is -3.67. The monoisotopic (exact) mass is 507 g/mol. The Labute approximate surface area is 204 Å². The zero-order valence-electron chi connectivity index (χ0n) is 20.1. The van der Waals surface area contributed by atoms with E-state index in [9.17, 15) is 18.0 Å². The largest absolute Gasteiger partial charge is 0.497 e. The zero-order valence-corrected chi connectivity index (χ0v) is 20.9. The summed E-state index contributed by atoms with van der Waals surface area (Å²) in [6.45, 7) is 0.871. The van der Waals surface area contributed by atoms with E-state index < -0.39 is 22.5 Å². The molecule has 2 aromatic rings. The highest BCUT2D eigenvalue weighted by Crippen LogP contribution is 2.37. The molecule has 1 heterocycles. The maximum Gasteiger partial charge on any atom is 0.265 e. The van der Waals surface area contributed by atoms with E-state index in [-0.39, 0.29) is 22.1 Å². The maximum absolute atomic E-state index is 13.9. The Balaban J connectivity index is 2.06. The third-order valence-corrected chi connectivity index (χ3v) is 7.45. The second-order valence-electron chi connectivity index (χ2n) is 7.59. The van der Waals surface area contributed by atoms with Gasteiger partial charge >= 0.3 is 0 Å². The van der Waals surface area contributed by atoms with Gasteiger partial charge in [0.15, 0.2) is 11.5 Å². The Morgan fingerprint density at radius 1 is 0.886 bits per heavy atom. The summed E-state index contributed by atoms with van der Waals surface area (Å²) < 4.78 is 50.0. The van der Waals surface area contributed by atoms with Gasteiger partial charge in [0.25, 0.3) is 10.0 Å². The van der Waals surface area contributed by atoms with Crippen LogP contribution in [0.1, 0.15) is 0 Å². The molecule has 2 aromatic carbocycles. The molecular formula is C23H29N3O8S. The maximum atomic E-state index is 13.9. The van der Waals surface area contributed by atoms with E-state index in [4.69, 9.17) is 18.9 Å². The third kappa shape index (κ3) is 5.53. The number of nitrogens with zero attached hydrogens (tertiary/aromatic N) is 3. The first-order chi connectivity index (χ1) is 16.8. The molecule has 1 aliphatic rings. The van der Waals surface area contributed by atoms with Crippen molar-refractivity contribution in [3.05, 3.63) is 36.4 Å². The molecule has 12 heteroatoms. The number of hydrogen-bond donors (Lipinski definition) is 0. The number of benzene rings is 2. The van der Waals surface area contributed by atoms with Gasteiger partial charge in [-0.1, -0.05) is 0 Å². The van der Waals surface area contributed by atoms with Crippen molar-refractivity contribution in [1.29, 1.82) is 0 Å². The van der Waals surface area contributed by atoms with Crippen LogP contribution in [0.3, 0.4) is 0 Å². The topological polar surface area (TPSA) is 115 Å². The minimum absolute atomic E-state index is 0.0985. The predicted molar refractivity (Wildman–Crippen MR) is 128 cm³/mol. The summed E-state index contributed by atoms with van der Waals surface area (Å²) >= 11 is 0. The molecule has 0 atom stereocenters. The van der Waals surface area contributed by atoms with Crippen molar-refractivity contribution in [2.45, 2.75) is 4.90 Å². The number of hydrogen-bond acceptors (Lipinski definition) is 8. The van der Waals surface area contributed by atoms with E-state index in [1.165, 1.54) is 57.6 Å². The lowest BCUT2D eigenvalue weighted by atomic mass is 10.2. The van der Waals surface area contributed by atoms with Crippen LogP contribution in [-0.4, -0.2) is 91.7 Å². The fourth-order valence-electron chi connectivity index (χ4n) is 3.70. The first-order valence-electron chi connectivity index (χ1n) is 10.7.